The maximum absolute atomic E-state index is 11.9. The molecule has 3 nitrogen and oxygen atoms in total. The molecule has 3 unspecified atom stereocenters. The molecule has 5 heteroatoms. The van der Waals surface area contributed by atoms with Gasteiger partial charge in [0.05, 0.1) is 10.5 Å². The molecule has 2 aliphatic rings. The second-order valence-corrected chi connectivity index (χ2v) is 9.82. The zero-order valence-electron chi connectivity index (χ0n) is 12.6. The maximum Gasteiger partial charge on any atom is 0.261 e. The Labute approximate surface area is 130 Å². The standard InChI is InChI=1S/C16H21ClO3S/c1-14(2)11-8-9-15(14,3)16(18,10-11)12-6-4-5-7-13(12)21(17,19)20/h4-7,11,18H,8-10H2,1-3H3. The van der Waals surface area contributed by atoms with Crippen LogP contribution in [0.15, 0.2) is 29.2 Å². The lowest BCUT2D eigenvalue weighted by Gasteiger charge is -2.46. The summed E-state index contributed by atoms with van der Waals surface area (Å²) in [4.78, 5) is 0.0405. The maximum atomic E-state index is 11.9. The van der Waals surface area contributed by atoms with Crippen molar-refractivity contribution in [3.05, 3.63) is 29.8 Å². The normalized spacial score (nSPS) is 37.9. The summed E-state index contributed by atoms with van der Waals surface area (Å²) in [5.41, 5.74) is -1.05. The molecule has 0 radical (unpaired) electrons. The van der Waals surface area contributed by atoms with Crippen molar-refractivity contribution >= 4 is 19.7 Å². The number of hydrogen-bond donors (Lipinski definition) is 1. The third-order valence-corrected chi connectivity index (χ3v) is 7.87. The fraction of sp³-hybridized carbons (Fsp3) is 0.625. The highest BCUT2D eigenvalue weighted by Crippen LogP contribution is 2.72. The quantitative estimate of drug-likeness (QED) is 0.843. The summed E-state index contributed by atoms with van der Waals surface area (Å²) in [7, 11) is 1.71. The van der Waals surface area contributed by atoms with E-state index in [1.807, 2.05) is 0 Å². The Morgan fingerprint density at radius 2 is 1.86 bits per heavy atom. The van der Waals surface area contributed by atoms with Crippen LogP contribution in [0.2, 0.25) is 0 Å². The summed E-state index contributed by atoms with van der Waals surface area (Å²) in [6.07, 6.45) is 2.58. The predicted octanol–water partition coefficient (Wildman–Crippen LogP) is 3.65. The van der Waals surface area contributed by atoms with E-state index in [4.69, 9.17) is 10.7 Å². The van der Waals surface area contributed by atoms with Crippen LogP contribution < -0.4 is 0 Å². The summed E-state index contributed by atoms with van der Waals surface area (Å²) in [5.74, 6) is 0.401. The van der Waals surface area contributed by atoms with Gasteiger partial charge >= 0.3 is 0 Å². The van der Waals surface area contributed by atoms with E-state index in [1.54, 1.807) is 18.2 Å². The topological polar surface area (TPSA) is 54.4 Å². The van der Waals surface area contributed by atoms with Gasteiger partial charge in [-0.2, -0.15) is 0 Å². The van der Waals surface area contributed by atoms with Crippen molar-refractivity contribution < 1.29 is 13.5 Å². The molecule has 1 aromatic rings. The molecule has 2 aliphatic carbocycles. The molecule has 3 atom stereocenters. The Hall–Kier alpha value is -0.580. The SMILES string of the molecule is CC1(C)C2CCC1(C)C(O)(c1ccccc1S(=O)(=O)Cl)C2. The van der Waals surface area contributed by atoms with Crippen LogP contribution in [-0.4, -0.2) is 13.5 Å². The van der Waals surface area contributed by atoms with Gasteiger partial charge in [-0.1, -0.05) is 39.0 Å². The minimum Gasteiger partial charge on any atom is -0.385 e. The highest BCUT2D eigenvalue weighted by Gasteiger charge is 2.69. The summed E-state index contributed by atoms with van der Waals surface area (Å²) in [6.45, 7) is 6.44. The van der Waals surface area contributed by atoms with Crippen LogP contribution in [-0.2, 0) is 14.7 Å². The molecule has 0 aromatic heterocycles. The second-order valence-electron chi connectivity index (χ2n) is 7.29. The molecule has 2 saturated carbocycles. The Kier molecular flexibility index (Phi) is 3.09. The molecular weight excluding hydrogens is 308 g/mol. The first kappa shape index (κ1) is 15.3. The van der Waals surface area contributed by atoms with Gasteiger partial charge in [-0.25, -0.2) is 8.42 Å². The van der Waals surface area contributed by atoms with Crippen LogP contribution in [0.1, 0.15) is 45.6 Å². The molecule has 0 heterocycles. The highest BCUT2D eigenvalue weighted by atomic mass is 35.7. The van der Waals surface area contributed by atoms with Crippen molar-refractivity contribution in [2.75, 3.05) is 0 Å². The van der Waals surface area contributed by atoms with E-state index in [9.17, 15) is 13.5 Å². The minimum absolute atomic E-state index is 0.0229. The van der Waals surface area contributed by atoms with Crippen molar-refractivity contribution in [1.29, 1.82) is 0 Å². The molecule has 3 rings (SSSR count). The highest BCUT2D eigenvalue weighted by molar-refractivity contribution is 8.13. The van der Waals surface area contributed by atoms with Gasteiger partial charge < -0.3 is 5.11 Å². The Balaban J connectivity index is 2.24. The summed E-state index contributed by atoms with van der Waals surface area (Å²) in [6, 6.07) is 6.60. The Bertz CT molecular complexity index is 697. The van der Waals surface area contributed by atoms with Crippen LogP contribution in [0.4, 0.5) is 0 Å². The molecule has 0 amide bonds. The van der Waals surface area contributed by atoms with Gasteiger partial charge in [-0.05, 0) is 36.7 Å². The molecule has 0 spiro atoms. The van der Waals surface area contributed by atoms with E-state index in [2.05, 4.69) is 20.8 Å². The van der Waals surface area contributed by atoms with E-state index in [0.717, 1.165) is 12.8 Å². The molecule has 21 heavy (non-hydrogen) atoms. The van der Waals surface area contributed by atoms with Gasteiger partial charge in [-0.15, -0.1) is 0 Å². The fourth-order valence-corrected chi connectivity index (χ4v) is 5.85. The van der Waals surface area contributed by atoms with Crippen LogP contribution in [0.25, 0.3) is 0 Å². The lowest BCUT2D eigenvalue weighted by Crippen LogP contribution is -2.45. The smallest absolute Gasteiger partial charge is 0.261 e. The first-order valence-corrected chi connectivity index (χ1v) is 9.61. The molecule has 0 aliphatic heterocycles. The first-order chi connectivity index (χ1) is 9.54. The van der Waals surface area contributed by atoms with Crippen molar-refractivity contribution in [3.8, 4) is 0 Å². The molecule has 0 saturated heterocycles. The lowest BCUT2D eigenvalue weighted by molar-refractivity contribution is -0.0976. The molecular formula is C16H21ClO3S. The summed E-state index contributed by atoms with van der Waals surface area (Å²) in [5, 5.41) is 11.5. The predicted molar refractivity (Wildman–Crippen MR) is 82.6 cm³/mol. The van der Waals surface area contributed by atoms with E-state index >= 15 is 0 Å². The Morgan fingerprint density at radius 1 is 1.24 bits per heavy atom. The second kappa shape index (κ2) is 4.24. The zero-order valence-corrected chi connectivity index (χ0v) is 14.1. The van der Waals surface area contributed by atoms with Crippen molar-refractivity contribution in [2.24, 2.45) is 16.7 Å². The number of benzene rings is 1. The largest absolute Gasteiger partial charge is 0.385 e. The molecule has 116 valence electrons. The van der Waals surface area contributed by atoms with E-state index < -0.39 is 14.7 Å². The van der Waals surface area contributed by atoms with Crippen LogP contribution in [0.5, 0.6) is 0 Å². The number of hydrogen-bond acceptors (Lipinski definition) is 3. The molecule has 1 N–H and O–H groups in total. The average Bonchev–Trinajstić information content (AvgIpc) is 2.70. The van der Waals surface area contributed by atoms with E-state index in [0.29, 0.717) is 17.9 Å². The van der Waals surface area contributed by atoms with Gasteiger partial charge in [0.15, 0.2) is 0 Å². The summed E-state index contributed by atoms with van der Waals surface area (Å²) < 4.78 is 23.8. The fourth-order valence-electron chi connectivity index (χ4n) is 4.70. The third kappa shape index (κ3) is 1.79. The number of rotatable bonds is 2. The lowest BCUT2D eigenvalue weighted by atomic mass is 9.62. The van der Waals surface area contributed by atoms with Gasteiger partial charge in [0.1, 0.15) is 0 Å². The van der Waals surface area contributed by atoms with Gasteiger partial charge in [-0.3, -0.25) is 0 Å². The van der Waals surface area contributed by atoms with E-state index in [-0.39, 0.29) is 15.7 Å². The molecule has 2 fully saturated rings. The number of fused-ring (bicyclic) bond motifs is 2. The number of aliphatic hydroxyl groups is 1. The zero-order chi connectivity index (χ0) is 15.7. The van der Waals surface area contributed by atoms with Gasteiger partial charge in [0.2, 0.25) is 0 Å². The van der Waals surface area contributed by atoms with Crippen molar-refractivity contribution in [1.82, 2.24) is 0 Å². The first-order valence-electron chi connectivity index (χ1n) is 7.30. The van der Waals surface area contributed by atoms with Crippen LogP contribution in [0.3, 0.4) is 0 Å². The molecule has 1 aromatic carbocycles. The van der Waals surface area contributed by atoms with Crippen molar-refractivity contribution in [3.63, 3.8) is 0 Å². The summed E-state index contributed by atoms with van der Waals surface area (Å²) >= 11 is 0. The third-order valence-electron chi connectivity index (χ3n) is 6.49. The average molecular weight is 329 g/mol. The molecule has 2 bridgehead atoms. The number of halogens is 1. The van der Waals surface area contributed by atoms with Gasteiger partial charge in [0.25, 0.3) is 9.05 Å². The van der Waals surface area contributed by atoms with Crippen LogP contribution in [0, 0.1) is 16.7 Å². The van der Waals surface area contributed by atoms with E-state index in [1.165, 1.54) is 6.07 Å². The van der Waals surface area contributed by atoms with Crippen LogP contribution >= 0.6 is 10.7 Å². The minimum atomic E-state index is -3.88. The van der Waals surface area contributed by atoms with Crippen molar-refractivity contribution in [2.45, 2.75) is 50.5 Å². The van der Waals surface area contributed by atoms with Gasteiger partial charge in [0, 0.05) is 21.7 Å². The Morgan fingerprint density at radius 3 is 2.33 bits per heavy atom. The monoisotopic (exact) mass is 328 g/mol.